The molecule has 17 heavy (non-hydrogen) atoms. The summed E-state index contributed by atoms with van der Waals surface area (Å²) in [5.74, 6) is -2.07. The zero-order chi connectivity index (χ0) is 13.4. The summed E-state index contributed by atoms with van der Waals surface area (Å²) in [6.45, 7) is 0. The lowest BCUT2D eigenvalue weighted by Gasteiger charge is -2.13. The van der Waals surface area contributed by atoms with Crippen LogP contribution >= 0.6 is 0 Å². The van der Waals surface area contributed by atoms with Crippen molar-refractivity contribution < 1.29 is 31.9 Å². The Kier molecular flexibility index (Phi) is 3.21. The van der Waals surface area contributed by atoms with E-state index in [4.69, 9.17) is 5.11 Å². The fourth-order valence-corrected chi connectivity index (χ4v) is 1.20. The maximum Gasteiger partial charge on any atom is 0.417 e. The van der Waals surface area contributed by atoms with Crippen LogP contribution in [0.25, 0.3) is 0 Å². The average Bonchev–Trinajstić information content (AvgIpc) is 2.14. The molecule has 1 aromatic heterocycles. The van der Waals surface area contributed by atoms with Crippen LogP contribution in [0, 0.1) is 0 Å². The molecule has 2 N–H and O–H groups in total. The van der Waals surface area contributed by atoms with Crippen molar-refractivity contribution in [1.82, 2.24) is 4.98 Å². The van der Waals surface area contributed by atoms with Gasteiger partial charge in [0.1, 0.15) is 5.69 Å². The molecule has 9 heteroatoms. The second kappa shape index (κ2) is 4.15. The molecule has 0 bridgehead atoms. The zero-order valence-electron chi connectivity index (χ0n) is 7.81. The molecule has 0 aliphatic carbocycles. The van der Waals surface area contributed by atoms with Crippen LogP contribution in [-0.4, -0.2) is 16.1 Å². The van der Waals surface area contributed by atoms with Gasteiger partial charge in [0.25, 0.3) is 6.43 Å². The molecule has 0 unspecified atom stereocenters. The van der Waals surface area contributed by atoms with Gasteiger partial charge in [-0.2, -0.15) is 13.2 Å². The summed E-state index contributed by atoms with van der Waals surface area (Å²) in [5.41, 5.74) is -6.57. The molecule has 0 saturated carbocycles. The van der Waals surface area contributed by atoms with Gasteiger partial charge in [0.15, 0.2) is 0 Å². The predicted octanol–water partition coefficient (Wildman–Crippen LogP) is 2.03. The van der Waals surface area contributed by atoms with Gasteiger partial charge in [-0.3, -0.25) is 4.79 Å². The summed E-state index contributed by atoms with van der Waals surface area (Å²) in [6.07, 6.45) is -8.90. The molecule has 0 saturated heterocycles. The van der Waals surface area contributed by atoms with Crippen LogP contribution in [-0.2, 0) is 6.18 Å². The van der Waals surface area contributed by atoms with E-state index in [9.17, 15) is 31.5 Å². The number of aromatic carboxylic acids is 1. The van der Waals surface area contributed by atoms with Gasteiger partial charge in [0, 0.05) is 6.07 Å². The second-order valence-electron chi connectivity index (χ2n) is 2.94. The smallest absolute Gasteiger partial charge is 0.417 e. The molecule has 0 aliphatic heterocycles. The number of carboxylic acids is 1. The van der Waals surface area contributed by atoms with Crippen molar-refractivity contribution in [2.24, 2.45) is 0 Å². The van der Waals surface area contributed by atoms with Crippen LogP contribution in [0.15, 0.2) is 10.9 Å². The Morgan fingerprint density at radius 1 is 1.35 bits per heavy atom. The van der Waals surface area contributed by atoms with Gasteiger partial charge < -0.3 is 10.1 Å². The fraction of sp³-hybridized carbons (Fsp3) is 0.250. The number of carboxylic acid groups (broad SMARTS) is 1. The van der Waals surface area contributed by atoms with Crippen molar-refractivity contribution in [2.45, 2.75) is 12.6 Å². The van der Waals surface area contributed by atoms with Gasteiger partial charge >= 0.3 is 12.1 Å². The van der Waals surface area contributed by atoms with Crippen LogP contribution in [0.4, 0.5) is 22.0 Å². The largest absolute Gasteiger partial charge is 0.477 e. The minimum absolute atomic E-state index is 0.103. The van der Waals surface area contributed by atoms with Crippen LogP contribution in [0.1, 0.15) is 28.0 Å². The van der Waals surface area contributed by atoms with Crippen molar-refractivity contribution >= 4 is 5.97 Å². The van der Waals surface area contributed by atoms with Crippen LogP contribution in [0.3, 0.4) is 0 Å². The van der Waals surface area contributed by atoms with Crippen LogP contribution < -0.4 is 5.56 Å². The molecule has 0 radical (unpaired) electrons. The van der Waals surface area contributed by atoms with Gasteiger partial charge in [-0.25, -0.2) is 13.6 Å². The van der Waals surface area contributed by atoms with E-state index in [1.807, 2.05) is 0 Å². The van der Waals surface area contributed by atoms with Crippen molar-refractivity contribution in [2.75, 3.05) is 0 Å². The van der Waals surface area contributed by atoms with E-state index in [-0.39, 0.29) is 6.07 Å². The highest BCUT2D eigenvalue weighted by Gasteiger charge is 2.39. The van der Waals surface area contributed by atoms with Crippen molar-refractivity contribution in [3.8, 4) is 0 Å². The Hall–Kier alpha value is -1.93. The van der Waals surface area contributed by atoms with E-state index in [0.29, 0.717) is 0 Å². The van der Waals surface area contributed by atoms with Crippen molar-refractivity contribution in [1.29, 1.82) is 0 Å². The maximum absolute atomic E-state index is 12.4. The molecule has 94 valence electrons. The van der Waals surface area contributed by atoms with Gasteiger partial charge in [0.05, 0.1) is 11.1 Å². The summed E-state index contributed by atoms with van der Waals surface area (Å²) < 4.78 is 61.9. The normalized spacial score (nSPS) is 11.9. The number of aromatic amines is 1. The lowest BCUT2D eigenvalue weighted by molar-refractivity contribution is -0.139. The van der Waals surface area contributed by atoms with E-state index in [1.165, 1.54) is 4.98 Å². The molecule has 0 spiro atoms. The number of pyridine rings is 1. The van der Waals surface area contributed by atoms with Crippen molar-refractivity contribution in [3.63, 3.8) is 0 Å². The first kappa shape index (κ1) is 13.1. The van der Waals surface area contributed by atoms with E-state index >= 15 is 0 Å². The summed E-state index contributed by atoms with van der Waals surface area (Å²) in [4.78, 5) is 22.7. The number of halogens is 5. The monoisotopic (exact) mass is 257 g/mol. The molecule has 0 amide bonds. The molecule has 1 aromatic rings. The standard InChI is InChI=1S/C8H4F5NO3/c9-6(10)4-2(8(11,12)13)1-3(15)14-5(4)7(16)17/h1,6H,(H,14,15)(H,16,17). The van der Waals surface area contributed by atoms with Crippen molar-refractivity contribution in [3.05, 3.63) is 33.2 Å². The summed E-state index contributed by atoms with van der Waals surface area (Å²) >= 11 is 0. The summed E-state index contributed by atoms with van der Waals surface area (Å²) in [7, 11) is 0. The lowest BCUT2D eigenvalue weighted by atomic mass is 10.1. The summed E-state index contributed by atoms with van der Waals surface area (Å²) in [6, 6.07) is -0.103. The van der Waals surface area contributed by atoms with E-state index in [1.54, 1.807) is 0 Å². The number of carbonyl (C=O) groups is 1. The first-order valence-electron chi connectivity index (χ1n) is 4.00. The number of nitrogens with one attached hydrogen (secondary N) is 1. The van der Waals surface area contributed by atoms with E-state index < -0.39 is 41.0 Å². The number of hydrogen-bond acceptors (Lipinski definition) is 2. The number of aromatic nitrogens is 1. The third-order valence-electron chi connectivity index (χ3n) is 1.82. The Morgan fingerprint density at radius 2 is 1.88 bits per heavy atom. The third kappa shape index (κ3) is 2.60. The van der Waals surface area contributed by atoms with E-state index in [2.05, 4.69) is 0 Å². The maximum atomic E-state index is 12.4. The Labute approximate surface area is 89.7 Å². The second-order valence-corrected chi connectivity index (χ2v) is 2.94. The molecule has 0 atom stereocenters. The average molecular weight is 257 g/mol. The number of alkyl halides is 5. The van der Waals surface area contributed by atoms with Crippen LogP contribution in [0.2, 0.25) is 0 Å². The molecular weight excluding hydrogens is 253 g/mol. The molecule has 0 aromatic carbocycles. The summed E-state index contributed by atoms with van der Waals surface area (Å²) in [5, 5.41) is 8.46. The zero-order valence-corrected chi connectivity index (χ0v) is 7.81. The Morgan fingerprint density at radius 3 is 2.24 bits per heavy atom. The molecule has 1 heterocycles. The highest BCUT2D eigenvalue weighted by atomic mass is 19.4. The number of H-pyrrole nitrogens is 1. The number of hydrogen-bond donors (Lipinski definition) is 2. The van der Waals surface area contributed by atoms with Gasteiger partial charge in [-0.05, 0) is 0 Å². The molecular formula is C8H4F5NO3. The predicted molar refractivity (Wildman–Crippen MR) is 44.0 cm³/mol. The topological polar surface area (TPSA) is 70.2 Å². The first-order chi connectivity index (χ1) is 7.64. The van der Waals surface area contributed by atoms with Gasteiger partial charge in [0.2, 0.25) is 5.56 Å². The fourth-order valence-electron chi connectivity index (χ4n) is 1.20. The minimum Gasteiger partial charge on any atom is -0.477 e. The molecule has 0 fully saturated rings. The van der Waals surface area contributed by atoms with Gasteiger partial charge in [-0.15, -0.1) is 0 Å². The Bertz CT molecular complexity index is 505. The SMILES string of the molecule is O=C(O)c1[nH]c(=O)cc(C(F)(F)F)c1C(F)F. The Balaban J connectivity index is 3.70. The molecule has 1 rings (SSSR count). The lowest BCUT2D eigenvalue weighted by Crippen LogP contribution is -2.22. The quantitative estimate of drug-likeness (QED) is 0.796. The van der Waals surface area contributed by atoms with Crippen LogP contribution in [0.5, 0.6) is 0 Å². The number of rotatable bonds is 2. The highest BCUT2D eigenvalue weighted by Crippen LogP contribution is 2.36. The third-order valence-corrected chi connectivity index (χ3v) is 1.82. The first-order valence-corrected chi connectivity index (χ1v) is 4.00. The minimum atomic E-state index is -5.23. The van der Waals surface area contributed by atoms with E-state index in [0.717, 1.165) is 0 Å². The highest BCUT2D eigenvalue weighted by molar-refractivity contribution is 5.87. The molecule has 4 nitrogen and oxygen atoms in total. The van der Waals surface area contributed by atoms with Gasteiger partial charge in [-0.1, -0.05) is 0 Å². The molecule has 0 aliphatic rings.